The number of rotatable bonds is 3. The maximum absolute atomic E-state index is 13.3. The number of carbonyl (C=O) groups excluding carboxylic acids is 1. The fourth-order valence-corrected chi connectivity index (χ4v) is 5.56. The Bertz CT molecular complexity index is 752. The minimum absolute atomic E-state index is 0.0579. The summed E-state index contributed by atoms with van der Waals surface area (Å²) >= 11 is 0. The van der Waals surface area contributed by atoms with Gasteiger partial charge >= 0.3 is 0 Å². The van der Waals surface area contributed by atoms with E-state index in [4.69, 9.17) is 14.2 Å². The summed E-state index contributed by atoms with van der Waals surface area (Å²) in [6.45, 7) is 1.74. The monoisotopic (exact) mass is 383 g/mol. The maximum Gasteiger partial charge on any atom is 0.173 e. The molecule has 0 N–H and O–H groups in total. The van der Waals surface area contributed by atoms with Crippen LogP contribution in [0.2, 0.25) is 0 Å². The zero-order valence-corrected chi connectivity index (χ0v) is 16.5. The van der Waals surface area contributed by atoms with E-state index in [0.29, 0.717) is 11.6 Å². The normalized spacial score (nSPS) is 33.6. The Morgan fingerprint density at radius 2 is 1.86 bits per heavy atom. The molecule has 5 nitrogen and oxygen atoms in total. The lowest BCUT2D eigenvalue weighted by atomic mass is 9.71. The average molecular weight is 383 g/mol. The zero-order chi connectivity index (χ0) is 19.1. The summed E-state index contributed by atoms with van der Waals surface area (Å²) in [6.07, 6.45) is 8.86. The lowest BCUT2D eigenvalue weighted by molar-refractivity contribution is -0.176. The van der Waals surface area contributed by atoms with Crippen molar-refractivity contribution in [3.05, 3.63) is 36.1 Å². The minimum atomic E-state index is -0.0597. The fourth-order valence-electron chi connectivity index (χ4n) is 5.56. The van der Waals surface area contributed by atoms with E-state index in [1.54, 1.807) is 13.4 Å². The largest absolute Gasteiger partial charge is 0.497 e. The van der Waals surface area contributed by atoms with Gasteiger partial charge in [-0.15, -0.1) is 0 Å². The molecule has 4 atom stereocenters. The molecule has 2 aliphatic carbocycles. The van der Waals surface area contributed by atoms with Crippen LogP contribution in [0.1, 0.15) is 44.1 Å². The van der Waals surface area contributed by atoms with Gasteiger partial charge in [-0.05, 0) is 43.4 Å². The van der Waals surface area contributed by atoms with Gasteiger partial charge < -0.3 is 14.2 Å². The number of ether oxygens (including phenoxy) is 3. The number of carbonyl (C=O) groups is 1. The second-order valence-electron chi connectivity index (χ2n) is 8.62. The van der Waals surface area contributed by atoms with E-state index in [9.17, 15) is 4.79 Å². The Balaban J connectivity index is 1.35. The van der Waals surface area contributed by atoms with Gasteiger partial charge in [-0.25, -0.2) is 0 Å². The van der Waals surface area contributed by atoms with Gasteiger partial charge in [0.1, 0.15) is 11.9 Å². The van der Waals surface area contributed by atoms with Crippen LogP contribution in [0.15, 0.2) is 30.5 Å². The first kappa shape index (κ1) is 18.2. The molecule has 0 spiro atoms. The molecule has 0 bridgehead atoms. The molecule has 3 fully saturated rings. The Morgan fingerprint density at radius 3 is 2.61 bits per heavy atom. The lowest BCUT2D eigenvalue weighted by Gasteiger charge is -2.49. The second kappa shape index (κ2) is 7.53. The first-order valence-electron chi connectivity index (χ1n) is 10.6. The number of hydrogen-bond acceptors (Lipinski definition) is 5. The van der Waals surface area contributed by atoms with E-state index < -0.39 is 0 Å². The van der Waals surface area contributed by atoms with Crippen LogP contribution in [-0.4, -0.2) is 49.3 Å². The molecule has 5 heteroatoms. The average Bonchev–Trinajstić information content (AvgIpc) is 3.28. The predicted molar refractivity (Wildman–Crippen MR) is 106 cm³/mol. The molecule has 0 aromatic heterocycles. The number of benzene rings is 1. The van der Waals surface area contributed by atoms with Crippen LogP contribution in [0.25, 0.3) is 5.57 Å². The standard InChI is InChI=1S/C23H29NO4/c1-26-17-8-6-15(7-9-17)20-13-27-23-18(22(20)25)10-11-21-19(23)12-24(14-28-21)16-4-2-3-5-16/h6-9,13,16,18-19,21,23H,2-5,10-12,14H2,1H3. The number of ketones is 1. The van der Waals surface area contributed by atoms with E-state index in [-0.39, 0.29) is 29.8 Å². The highest BCUT2D eigenvalue weighted by atomic mass is 16.5. The summed E-state index contributed by atoms with van der Waals surface area (Å²) in [5, 5.41) is 0. The van der Waals surface area contributed by atoms with E-state index in [1.165, 1.54) is 25.7 Å². The smallest absolute Gasteiger partial charge is 0.173 e. The summed E-state index contributed by atoms with van der Waals surface area (Å²) in [5.74, 6) is 1.23. The number of Topliss-reactive ketones (excluding diaryl/α,β-unsaturated/α-hetero) is 1. The maximum atomic E-state index is 13.3. The molecule has 4 unspecified atom stereocenters. The quantitative estimate of drug-likeness (QED) is 0.798. The van der Waals surface area contributed by atoms with Gasteiger partial charge in [0, 0.05) is 18.5 Å². The molecule has 28 heavy (non-hydrogen) atoms. The number of hydrogen-bond donors (Lipinski definition) is 0. The lowest BCUT2D eigenvalue weighted by Crippen LogP contribution is -2.57. The Labute approximate surface area is 166 Å². The molecule has 150 valence electrons. The topological polar surface area (TPSA) is 48.0 Å². The van der Waals surface area contributed by atoms with Crippen molar-refractivity contribution in [2.24, 2.45) is 11.8 Å². The van der Waals surface area contributed by atoms with E-state index in [0.717, 1.165) is 37.4 Å². The summed E-state index contributed by atoms with van der Waals surface area (Å²) in [5.41, 5.74) is 1.59. The van der Waals surface area contributed by atoms with Crippen molar-refractivity contribution in [2.75, 3.05) is 20.4 Å². The summed E-state index contributed by atoms with van der Waals surface area (Å²) in [4.78, 5) is 15.8. The molecule has 2 heterocycles. The summed E-state index contributed by atoms with van der Waals surface area (Å²) in [6, 6.07) is 8.29. The van der Waals surface area contributed by atoms with Crippen LogP contribution in [0.4, 0.5) is 0 Å². The fraction of sp³-hybridized carbons (Fsp3) is 0.609. The first-order valence-corrected chi connectivity index (χ1v) is 10.6. The van der Waals surface area contributed by atoms with Gasteiger partial charge in [-0.1, -0.05) is 25.0 Å². The molecular formula is C23H29NO4. The second-order valence-corrected chi connectivity index (χ2v) is 8.62. The van der Waals surface area contributed by atoms with Gasteiger partial charge in [-0.2, -0.15) is 0 Å². The van der Waals surface area contributed by atoms with E-state index in [1.807, 2.05) is 24.3 Å². The highest BCUT2D eigenvalue weighted by Gasteiger charge is 2.49. The zero-order valence-electron chi connectivity index (χ0n) is 16.5. The summed E-state index contributed by atoms with van der Waals surface area (Å²) in [7, 11) is 1.65. The third-order valence-electron chi connectivity index (χ3n) is 7.15. The molecule has 1 aromatic carbocycles. The van der Waals surface area contributed by atoms with Crippen LogP contribution < -0.4 is 4.74 Å². The van der Waals surface area contributed by atoms with E-state index in [2.05, 4.69) is 4.90 Å². The molecule has 4 aliphatic rings. The number of nitrogens with zero attached hydrogens (tertiary/aromatic N) is 1. The van der Waals surface area contributed by atoms with Crippen LogP contribution in [0.3, 0.4) is 0 Å². The van der Waals surface area contributed by atoms with Crippen molar-refractivity contribution in [3.63, 3.8) is 0 Å². The van der Waals surface area contributed by atoms with Crippen LogP contribution in [0.5, 0.6) is 5.75 Å². The van der Waals surface area contributed by atoms with Crippen LogP contribution in [0, 0.1) is 11.8 Å². The molecule has 1 saturated heterocycles. The molecule has 0 radical (unpaired) electrons. The van der Waals surface area contributed by atoms with Gasteiger partial charge in [0.25, 0.3) is 0 Å². The van der Waals surface area contributed by atoms with Gasteiger partial charge in [0.05, 0.1) is 37.7 Å². The van der Waals surface area contributed by atoms with Gasteiger partial charge in [0.15, 0.2) is 5.78 Å². The third-order valence-corrected chi connectivity index (χ3v) is 7.15. The Hall–Kier alpha value is -1.85. The Kier molecular flexibility index (Phi) is 4.89. The highest BCUT2D eigenvalue weighted by molar-refractivity contribution is 6.22. The van der Waals surface area contributed by atoms with Crippen LogP contribution >= 0.6 is 0 Å². The van der Waals surface area contributed by atoms with Crippen molar-refractivity contribution < 1.29 is 19.0 Å². The van der Waals surface area contributed by atoms with Crippen molar-refractivity contribution in [3.8, 4) is 5.75 Å². The SMILES string of the molecule is COc1ccc(C2=COC3C(CCC4OCN(C5CCCC5)CC43)C2=O)cc1. The van der Waals surface area contributed by atoms with Gasteiger partial charge in [-0.3, -0.25) is 9.69 Å². The van der Waals surface area contributed by atoms with E-state index >= 15 is 0 Å². The van der Waals surface area contributed by atoms with Crippen LogP contribution in [-0.2, 0) is 14.3 Å². The molecule has 1 aromatic rings. The molecule has 2 aliphatic heterocycles. The molecular weight excluding hydrogens is 354 g/mol. The third kappa shape index (κ3) is 3.15. The predicted octanol–water partition coefficient (Wildman–Crippen LogP) is 3.63. The summed E-state index contributed by atoms with van der Waals surface area (Å²) < 4.78 is 17.7. The number of methoxy groups -OCH3 is 1. The van der Waals surface area contributed by atoms with Crippen molar-refractivity contribution in [1.29, 1.82) is 0 Å². The molecule has 5 rings (SSSR count). The number of fused-ring (bicyclic) bond motifs is 3. The Morgan fingerprint density at radius 1 is 1.07 bits per heavy atom. The number of allylic oxidation sites excluding steroid dienone is 1. The highest BCUT2D eigenvalue weighted by Crippen LogP contribution is 2.43. The van der Waals surface area contributed by atoms with Crippen molar-refractivity contribution >= 4 is 11.4 Å². The first-order chi connectivity index (χ1) is 13.7. The minimum Gasteiger partial charge on any atom is -0.497 e. The van der Waals surface area contributed by atoms with Crippen molar-refractivity contribution in [1.82, 2.24) is 4.90 Å². The van der Waals surface area contributed by atoms with Crippen molar-refractivity contribution in [2.45, 2.75) is 56.8 Å². The molecule has 2 saturated carbocycles. The molecule has 0 amide bonds. The van der Waals surface area contributed by atoms with Gasteiger partial charge in [0.2, 0.25) is 0 Å².